The summed E-state index contributed by atoms with van der Waals surface area (Å²) in [6.07, 6.45) is 11.0. The van der Waals surface area contributed by atoms with Crippen LogP contribution in [0.1, 0.15) is 48.8 Å². The Bertz CT molecular complexity index is 1240. The summed E-state index contributed by atoms with van der Waals surface area (Å²) >= 11 is 0. The fraction of sp³-hybridized carbons (Fsp3) is 0.452. The second-order valence-electron chi connectivity index (χ2n) is 10.6. The van der Waals surface area contributed by atoms with Crippen molar-refractivity contribution in [2.45, 2.75) is 51.7 Å². The molecule has 1 saturated heterocycles. The molecule has 1 fully saturated rings. The predicted octanol–water partition coefficient (Wildman–Crippen LogP) is 5.77. The first-order valence-corrected chi connectivity index (χ1v) is 13.7. The molecule has 3 aromatic rings. The average Bonchev–Trinajstić information content (AvgIpc) is 3.36. The predicted molar refractivity (Wildman–Crippen MR) is 148 cm³/mol. The van der Waals surface area contributed by atoms with E-state index in [1.165, 1.54) is 65.4 Å². The number of fused-ring (bicyclic) bond motifs is 3. The highest BCUT2D eigenvalue weighted by molar-refractivity contribution is 5.86. The third-order valence-electron chi connectivity index (χ3n) is 8.28. The minimum absolute atomic E-state index is 0.964. The third-order valence-corrected chi connectivity index (χ3v) is 8.28. The fourth-order valence-electron chi connectivity index (χ4n) is 6.27. The Kier molecular flexibility index (Phi) is 6.93. The van der Waals surface area contributed by atoms with Crippen LogP contribution in [0.2, 0.25) is 0 Å². The maximum absolute atomic E-state index is 5.60. The van der Waals surface area contributed by atoms with Crippen LogP contribution < -0.4 is 9.64 Å². The van der Waals surface area contributed by atoms with Gasteiger partial charge in [0, 0.05) is 63.9 Å². The maximum atomic E-state index is 5.60. The van der Waals surface area contributed by atoms with E-state index in [9.17, 15) is 0 Å². The van der Waals surface area contributed by atoms with Crippen LogP contribution in [0.4, 0.5) is 5.69 Å². The molecule has 0 amide bonds. The molecule has 5 heteroatoms. The van der Waals surface area contributed by atoms with Crippen LogP contribution in [-0.2, 0) is 19.6 Å². The Morgan fingerprint density at radius 3 is 2.67 bits per heavy atom. The lowest BCUT2D eigenvalue weighted by molar-refractivity contribution is 0.250. The van der Waals surface area contributed by atoms with Crippen molar-refractivity contribution in [3.8, 4) is 5.75 Å². The van der Waals surface area contributed by atoms with E-state index in [1.54, 1.807) is 12.7 Å². The summed E-state index contributed by atoms with van der Waals surface area (Å²) in [5.41, 5.74) is 8.47. The highest BCUT2D eigenvalue weighted by atomic mass is 16.5. The number of methoxy groups -OCH3 is 1. The molecule has 6 rings (SSSR count). The Labute approximate surface area is 215 Å². The summed E-state index contributed by atoms with van der Waals surface area (Å²) in [6.45, 7) is 8.39. The molecule has 0 bridgehead atoms. The molecule has 188 valence electrons. The van der Waals surface area contributed by atoms with E-state index in [0.29, 0.717) is 0 Å². The van der Waals surface area contributed by atoms with E-state index < -0.39 is 0 Å². The molecule has 0 radical (unpaired) electrons. The van der Waals surface area contributed by atoms with E-state index >= 15 is 0 Å². The highest BCUT2D eigenvalue weighted by Crippen LogP contribution is 2.34. The zero-order valence-corrected chi connectivity index (χ0v) is 21.6. The molecular formula is C31H38N4O. The van der Waals surface area contributed by atoms with E-state index in [1.807, 2.05) is 12.3 Å². The van der Waals surface area contributed by atoms with Gasteiger partial charge in [0.2, 0.25) is 0 Å². The molecule has 1 aromatic heterocycles. The molecule has 0 atom stereocenters. The lowest BCUT2D eigenvalue weighted by Gasteiger charge is -2.36. The van der Waals surface area contributed by atoms with Crippen molar-refractivity contribution in [2.75, 3.05) is 44.7 Å². The van der Waals surface area contributed by atoms with Crippen LogP contribution in [0.15, 0.2) is 60.3 Å². The van der Waals surface area contributed by atoms with Crippen LogP contribution in [-0.4, -0.2) is 54.6 Å². The van der Waals surface area contributed by atoms with Gasteiger partial charge in [-0.1, -0.05) is 35.9 Å². The molecule has 36 heavy (non-hydrogen) atoms. The number of hydrogen-bond donors (Lipinski definition) is 0. The van der Waals surface area contributed by atoms with Crippen molar-refractivity contribution < 1.29 is 4.74 Å². The van der Waals surface area contributed by atoms with Gasteiger partial charge in [0.1, 0.15) is 5.75 Å². The van der Waals surface area contributed by atoms with Gasteiger partial charge in [0.25, 0.3) is 0 Å². The number of piperazine rings is 1. The van der Waals surface area contributed by atoms with Gasteiger partial charge in [0.05, 0.1) is 18.3 Å². The van der Waals surface area contributed by atoms with E-state index in [-0.39, 0.29) is 0 Å². The number of para-hydroxylation sites is 2. The first-order valence-electron chi connectivity index (χ1n) is 13.7. The third kappa shape index (κ3) is 4.87. The number of nitrogens with zero attached hydrogens (tertiary/aromatic N) is 4. The molecular weight excluding hydrogens is 444 g/mol. The van der Waals surface area contributed by atoms with Gasteiger partial charge in [-0.05, 0) is 67.0 Å². The van der Waals surface area contributed by atoms with Crippen LogP contribution in [0.3, 0.4) is 0 Å². The number of anilines is 1. The molecule has 0 N–H and O–H groups in total. The zero-order chi connectivity index (χ0) is 24.3. The number of hydrogen-bond acceptors (Lipinski definition) is 5. The van der Waals surface area contributed by atoms with Gasteiger partial charge in [-0.2, -0.15) is 0 Å². The Balaban J connectivity index is 1.15. The first kappa shape index (κ1) is 23.5. The number of benzene rings is 2. The highest BCUT2D eigenvalue weighted by Gasteiger charge is 2.25. The molecule has 3 heterocycles. The summed E-state index contributed by atoms with van der Waals surface area (Å²) in [5, 5.41) is 1.33. The average molecular weight is 483 g/mol. The zero-order valence-electron chi connectivity index (χ0n) is 21.6. The fourth-order valence-corrected chi connectivity index (χ4v) is 6.27. The number of ether oxygens (including phenoxy) is 1. The van der Waals surface area contributed by atoms with E-state index in [0.717, 1.165) is 58.1 Å². The summed E-state index contributed by atoms with van der Waals surface area (Å²) in [4.78, 5) is 12.6. The smallest absolute Gasteiger partial charge is 0.142 e. The van der Waals surface area contributed by atoms with Gasteiger partial charge in [-0.25, -0.2) is 0 Å². The largest absolute Gasteiger partial charge is 0.495 e. The molecule has 3 aliphatic rings. The molecule has 5 nitrogen and oxygen atoms in total. The van der Waals surface area contributed by atoms with Crippen LogP contribution in [0.25, 0.3) is 10.9 Å². The number of pyridine rings is 1. The standard InChI is InChI=1S/C31H38N4O/c1-36-30-12-6-5-11-29(30)35-18-16-33(17-19-35)21-25-20-26-22-34(15-13-24-8-3-2-4-9-24)23-28(26)31-27(25)10-7-14-32-31/h5-8,10-12,14,20H,2-4,9,13,15-19,21-23H2,1H3. The van der Waals surface area contributed by atoms with Crippen molar-refractivity contribution in [1.29, 1.82) is 0 Å². The second kappa shape index (κ2) is 10.6. The molecule has 0 unspecified atom stereocenters. The molecule has 1 aliphatic carbocycles. The summed E-state index contributed by atoms with van der Waals surface area (Å²) in [6, 6.07) is 15.2. The summed E-state index contributed by atoms with van der Waals surface area (Å²) in [7, 11) is 1.76. The summed E-state index contributed by atoms with van der Waals surface area (Å²) < 4.78 is 5.60. The summed E-state index contributed by atoms with van der Waals surface area (Å²) in [5.74, 6) is 0.964. The van der Waals surface area contributed by atoms with Crippen molar-refractivity contribution in [1.82, 2.24) is 14.8 Å². The Hall–Kier alpha value is -2.89. The van der Waals surface area contributed by atoms with E-state index in [2.05, 4.69) is 57.2 Å². The Morgan fingerprint density at radius 2 is 1.83 bits per heavy atom. The van der Waals surface area contributed by atoms with Crippen LogP contribution >= 0.6 is 0 Å². The van der Waals surface area contributed by atoms with Gasteiger partial charge in [-0.15, -0.1) is 0 Å². The quantitative estimate of drug-likeness (QED) is 0.399. The van der Waals surface area contributed by atoms with Crippen LogP contribution in [0, 0.1) is 0 Å². The maximum Gasteiger partial charge on any atom is 0.142 e. The van der Waals surface area contributed by atoms with Crippen LogP contribution in [0.5, 0.6) is 5.75 Å². The van der Waals surface area contributed by atoms with Gasteiger partial charge in [-0.3, -0.25) is 14.8 Å². The van der Waals surface area contributed by atoms with E-state index in [4.69, 9.17) is 9.72 Å². The SMILES string of the molecule is COc1ccccc1N1CCN(Cc2cc3c(c4ncccc24)CN(CCC2=CCCCC2)C3)CC1. The number of aromatic nitrogens is 1. The Morgan fingerprint density at radius 1 is 0.944 bits per heavy atom. The normalized spacial score (nSPS) is 18.9. The van der Waals surface area contributed by atoms with Gasteiger partial charge < -0.3 is 9.64 Å². The second-order valence-corrected chi connectivity index (χ2v) is 10.6. The number of allylic oxidation sites excluding steroid dienone is 1. The molecule has 0 saturated carbocycles. The van der Waals surface area contributed by atoms with Crippen molar-refractivity contribution in [2.24, 2.45) is 0 Å². The number of rotatable bonds is 7. The molecule has 2 aromatic carbocycles. The lowest BCUT2D eigenvalue weighted by Crippen LogP contribution is -2.46. The lowest BCUT2D eigenvalue weighted by atomic mass is 9.97. The first-order chi connectivity index (χ1) is 17.8. The molecule has 2 aliphatic heterocycles. The topological polar surface area (TPSA) is 31.8 Å². The van der Waals surface area contributed by atoms with Gasteiger partial charge in [0.15, 0.2) is 0 Å². The minimum Gasteiger partial charge on any atom is -0.495 e. The molecule has 0 spiro atoms. The van der Waals surface area contributed by atoms with Crippen molar-refractivity contribution in [3.63, 3.8) is 0 Å². The van der Waals surface area contributed by atoms with Gasteiger partial charge >= 0.3 is 0 Å². The van der Waals surface area contributed by atoms with Crippen molar-refractivity contribution in [3.05, 3.63) is 77.0 Å². The minimum atomic E-state index is 0.964. The van der Waals surface area contributed by atoms with Crippen molar-refractivity contribution >= 4 is 16.6 Å². The monoisotopic (exact) mass is 482 g/mol.